The van der Waals surface area contributed by atoms with Gasteiger partial charge in [0.15, 0.2) is 0 Å². The molecule has 0 aromatic carbocycles. The number of nitrogens with two attached hydrogens (primary N) is 1. The van der Waals surface area contributed by atoms with Gasteiger partial charge in [0.05, 0.1) is 17.7 Å². The van der Waals surface area contributed by atoms with Crippen molar-refractivity contribution in [2.45, 2.75) is 52.0 Å². The fourth-order valence-corrected chi connectivity index (χ4v) is 2.28. The molecule has 5 nitrogen and oxygen atoms in total. The van der Waals surface area contributed by atoms with Gasteiger partial charge in [-0.2, -0.15) is 5.10 Å². The molecule has 0 aliphatic heterocycles. The van der Waals surface area contributed by atoms with E-state index in [1.165, 1.54) is 0 Å². The summed E-state index contributed by atoms with van der Waals surface area (Å²) in [5, 5.41) is 13.7. The lowest BCUT2D eigenvalue weighted by Crippen LogP contribution is -2.18. The Morgan fingerprint density at radius 2 is 2.16 bits per heavy atom. The van der Waals surface area contributed by atoms with E-state index in [4.69, 9.17) is 5.73 Å². The van der Waals surface area contributed by atoms with Crippen LogP contribution in [0.3, 0.4) is 0 Å². The van der Waals surface area contributed by atoms with Gasteiger partial charge in [-0.1, -0.05) is 13.8 Å². The molecule has 0 aliphatic carbocycles. The van der Waals surface area contributed by atoms with E-state index in [0.29, 0.717) is 25.4 Å². The van der Waals surface area contributed by atoms with Gasteiger partial charge in [-0.25, -0.2) is 0 Å². The first-order valence-electron chi connectivity index (χ1n) is 7.09. The fourth-order valence-electron chi connectivity index (χ4n) is 2.28. The highest BCUT2D eigenvalue weighted by Crippen LogP contribution is 2.17. The average molecular weight is 267 g/mol. The van der Waals surface area contributed by atoms with E-state index in [9.17, 15) is 9.90 Å². The van der Waals surface area contributed by atoms with Crippen LogP contribution in [0.25, 0.3) is 0 Å². The van der Waals surface area contributed by atoms with E-state index in [-0.39, 0.29) is 5.92 Å². The molecule has 0 bridgehead atoms. The third kappa shape index (κ3) is 4.67. The van der Waals surface area contributed by atoms with Crippen molar-refractivity contribution in [2.75, 3.05) is 6.54 Å². The van der Waals surface area contributed by atoms with Gasteiger partial charge in [0.25, 0.3) is 0 Å². The summed E-state index contributed by atoms with van der Waals surface area (Å²) in [5.41, 5.74) is 6.30. The Labute approximate surface area is 114 Å². The molecule has 0 fully saturated rings. The highest BCUT2D eigenvalue weighted by atomic mass is 16.4. The highest BCUT2D eigenvalue weighted by Gasteiger charge is 2.19. The van der Waals surface area contributed by atoms with Crippen LogP contribution in [0.4, 0.5) is 0 Å². The van der Waals surface area contributed by atoms with E-state index in [2.05, 4.69) is 18.9 Å². The van der Waals surface area contributed by atoms with Crippen molar-refractivity contribution < 1.29 is 9.90 Å². The zero-order valence-electron chi connectivity index (χ0n) is 11.9. The Morgan fingerprint density at radius 3 is 2.68 bits per heavy atom. The van der Waals surface area contributed by atoms with Gasteiger partial charge in [0.1, 0.15) is 0 Å². The Balaban J connectivity index is 2.67. The minimum atomic E-state index is -0.759. The predicted octanol–water partition coefficient (Wildman–Crippen LogP) is 2.23. The lowest BCUT2D eigenvalue weighted by Gasteiger charge is -2.13. The van der Waals surface area contributed by atoms with Gasteiger partial charge in [0.2, 0.25) is 0 Å². The Morgan fingerprint density at radius 1 is 1.47 bits per heavy atom. The van der Waals surface area contributed by atoms with Crippen LogP contribution in [0.2, 0.25) is 0 Å². The number of aliphatic carboxylic acids is 1. The maximum absolute atomic E-state index is 11.2. The molecule has 0 amide bonds. The SMILES string of the molecule is CCC(CC)n1ccc(CC(CCCN)C(=O)O)n1. The van der Waals surface area contributed by atoms with E-state index in [0.717, 1.165) is 25.0 Å². The molecular formula is C14H25N3O2. The number of carboxylic acid groups (broad SMARTS) is 1. The molecule has 0 spiro atoms. The molecule has 1 aromatic rings. The zero-order chi connectivity index (χ0) is 14.3. The molecule has 0 radical (unpaired) electrons. The highest BCUT2D eigenvalue weighted by molar-refractivity contribution is 5.70. The van der Waals surface area contributed by atoms with Crippen LogP contribution in [0, 0.1) is 5.92 Å². The molecule has 1 unspecified atom stereocenters. The van der Waals surface area contributed by atoms with Crippen molar-refractivity contribution in [1.29, 1.82) is 0 Å². The van der Waals surface area contributed by atoms with Crippen LogP contribution < -0.4 is 5.73 Å². The van der Waals surface area contributed by atoms with Crippen LogP contribution in [-0.4, -0.2) is 27.4 Å². The molecule has 1 atom stereocenters. The van der Waals surface area contributed by atoms with Crippen LogP contribution in [0.5, 0.6) is 0 Å². The maximum Gasteiger partial charge on any atom is 0.306 e. The number of nitrogens with zero attached hydrogens (tertiary/aromatic N) is 2. The van der Waals surface area contributed by atoms with Crippen LogP contribution in [-0.2, 0) is 11.2 Å². The molecule has 5 heteroatoms. The summed E-state index contributed by atoms with van der Waals surface area (Å²) in [5.74, 6) is -1.14. The van der Waals surface area contributed by atoms with Crippen molar-refractivity contribution in [3.8, 4) is 0 Å². The van der Waals surface area contributed by atoms with Crippen LogP contribution in [0.1, 0.15) is 51.3 Å². The maximum atomic E-state index is 11.2. The smallest absolute Gasteiger partial charge is 0.306 e. The summed E-state index contributed by atoms with van der Waals surface area (Å²) >= 11 is 0. The molecule has 1 aromatic heterocycles. The number of carbonyl (C=O) groups is 1. The summed E-state index contributed by atoms with van der Waals surface area (Å²) in [4.78, 5) is 11.2. The quantitative estimate of drug-likeness (QED) is 0.719. The summed E-state index contributed by atoms with van der Waals surface area (Å²) in [6.07, 6.45) is 5.87. The predicted molar refractivity (Wildman–Crippen MR) is 75.0 cm³/mol. The van der Waals surface area contributed by atoms with E-state index in [1.54, 1.807) is 0 Å². The Kier molecular flexibility index (Phi) is 6.56. The van der Waals surface area contributed by atoms with Crippen molar-refractivity contribution in [1.82, 2.24) is 9.78 Å². The normalized spacial score (nSPS) is 12.8. The summed E-state index contributed by atoms with van der Waals surface area (Å²) < 4.78 is 1.96. The van der Waals surface area contributed by atoms with E-state index >= 15 is 0 Å². The molecule has 0 aliphatic rings. The van der Waals surface area contributed by atoms with Gasteiger partial charge in [-0.15, -0.1) is 0 Å². The second-order valence-corrected chi connectivity index (χ2v) is 4.93. The van der Waals surface area contributed by atoms with Gasteiger partial charge in [0, 0.05) is 12.6 Å². The molecule has 0 saturated heterocycles. The van der Waals surface area contributed by atoms with Gasteiger partial charge in [-0.05, 0) is 38.3 Å². The monoisotopic (exact) mass is 267 g/mol. The first-order valence-corrected chi connectivity index (χ1v) is 7.09. The van der Waals surface area contributed by atoms with E-state index in [1.807, 2.05) is 16.9 Å². The number of carboxylic acids is 1. The van der Waals surface area contributed by atoms with Crippen molar-refractivity contribution in [3.05, 3.63) is 18.0 Å². The zero-order valence-corrected chi connectivity index (χ0v) is 11.9. The molecule has 108 valence electrons. The summed E-state index contributed by atoms with van der Waals surface area (Å²) in [6, 6.07) is 2.33. The van der Waals surface area contributed by atoms with Crippen LogP contribution >= 0.6 is 0 Å². The molecule has 19 heavy (non-hydrogen) atoms. The third-order valence-corrected chi connectivity index (χ3v) is 3.54. The van der Waals surface area contributed by atoms with E-state index < -0.39 is 5.97 Å². The largest absolute Gasteiger partial charge is 0.481 e. The number of rotatable bonds is 9. The number of hydrogen-bond acceptors (Lipinski definition) is 3. The molecule has 1 heterocycles. The second kappa shape index (κ2) is 7.94. The van der Waals surface area contributed by atoms with Gasteiger partial charge >= 0.3 is 5.97 Å². The lowest BCUT2D eigenvalue weighted by atomic mass is 9.98. The Bertz CT molecular complexity index is 386. The van der Waals surface area contributed by atoms with Crippen molar-refractivity contribution in [3.63, 3.8) is 0 Å². The molecule has 0 saturated carbocycles. The summed E-state index contributed by atoms with van der Waals surface area (Å²) in [6.45, 7) is 4.81. The fraction of sp³-hybridized carbons (Fsp3) is 0.714. The molecule has 3 N–H and O–H groups in total. The average Bonchev–Trinajstić information content (AvgIpc) is 2.84. The van der Waals surface area contributed by atoms with Crippen molar-refractivity contribution in [2.24, 2.45) is 11.7 Å². The lowest BCUT2D eigenvalue weighted by molar-refractivity contribution is -0.142. The molecule has 1 rings (SSSR count). The third-order valence-electron chi connectivity index (χ3n) is 3.54. The number of hydrogen-bond donors (Lipinski definition) is 2. The van der Waals surface area contributed by atoms with Crippen LogP contribution in [0.15, 0.2) is 12.3 Å². The minimum Gasteiger partial charge on any atom is -0.481 e. The van der Waals surface area contributed by atoms with Gasteiger partial charge in [-0.3, -0.25) is 9.48 Å². The standard InChI is InChI=1S/C14H25N3O2/c1-3-13(4-2)17-9-7-12(16-17)10-11(14(18)19)6-5-8-15/h7,9,11,13H,3-6,8,10,15H2,1-2H3,(H,18,19). The molecular weight excluding hydrogens is 242 g/mol. The number of aromatic nitrogens is 2. The summed E-state index contributed by atoms with van der Waals surface area (Å²) in [7, 11) is 0. The minimum absolute atomic E-state index is 0.381. The van der Waals surface area contributed by atoms with Crippen molar-refractivity contribution >= 4 is 5.97 Å². The Hall–Kier alpha value is -1.36. The topological polar surface area (TPSA) is 81.1 Å². The van der Waals surface area contributed by atoms with Gasteiger partial charge < -0.3 is 10.8 Å². The first kappa shape index (κ1) is 15.7. The first-order chi connectivity index (χ1) is 9.12. The second-order valence-electron chi connectivity index (χ2n) is 4.93.